The zero-order valence-corrected chi connectivity index (χ0v) is 11.0. The van der Waals surface area contributed by atoms with Gasteiger partial charge >= 0.3 is 0 Å². The molecule has 17 heavy (non-hydrogen) atoms. The van der Waals surface area contributed by atoms with E-state index >= 15 is 0 Å². The maximum atomic E-state index is 4.56. The topological polar surface area (TPSA) is 42.2 Å². The number of nitrogens with zero attached hydrogens (tertiary/aromatic N) is 3. The SMILES string of the molecule is Cl.Cl.c1cnc2nc(C3CCNCC3)cn2c1. The van der Waals surface area contributed by atoms with E-state index in [0.29, 0.717) is 5.92 Å². The Morgan fingerprint density at radius 2 is 2.00 bits per heavy atom. The number of piperidine rings is 1. The van der Waals surface area contributed by atoms with Crippen molar-refractivity contribution in [1.29, 1.82) is 0 Å². The minimum absolute atomic E-state index is 0. The van der Waals surface area contributed by atoms with Crippen LogP contribution in [0.1, 0.15) is 24.5 Å². The van der Waals surface area contributed by atoms with E-state index in [4.69, 9.17) is 0 Å². The van der Waals surface area contributed by atoms with Crippen LogP contribution in [0, 0.1) is 0 Å². The van der Waals surface area contributed by atoms with Gasteiger partial charge in [0, 0.05) is 24.5 Å². The van der Waals surface area contributed by atoms with Crippen LogP contribution in [0.3, 0.4) is 0 Å². The Kier molecular flexibility index (Phi) is 5.18. The van der Waals surface area contributed by atoms with E-state index in [-0.39, 0.29) is 24.8 Å². The highest BCUT2D eigenvalue weighted by atomic mass is 35.5. The highest BCUT2D eigenvalue weighted by molar-refractivity contribution is 5.85. The fourth-order valence-electron chi connectivity index (χ4n) is 2.16. The Morgan fingerprint density at radius 1 is 1.24 bits per heavy atom. The number of aromatic nitrogens is 3. The maximum Gasteiger partial charge on any atom is 0.233 e. The monoisotopic (exact) mass is 274 g/mol. The molecule has 6 heteroatoms. The standard InChI is InChI=1S/C11H14N4.2ClH/c1-4-13-11-14-10(8-15(11)7-1)9-2-5-12-6-3-9;;/h1,4,7-9,12H,2-3,5-6H2;2*1H. The van der Waals surface area contributed by atoms with Crippen molar-refractivity contribution < 1.29 is 0 Å². The number of halogens is 2. The minimum Gasteiger partial charge on any atom is -0.317 e. The summed E-state index contributed by atoms with van der Waals surface area (Å²) < 4.78 is 2.00. The molecule has 0 aliphatic carbocycles. The summed E-state index contributed by atoms with van der Waals surface area (Å²) in [5.41, 5.74) is 1.19. The molecule has 0 amide bonds. The van der Waals surface area contributed by atoms with E-state index in [1.807, 2.05) is 16.7 Å². The van der Waals surface area contributed by atoms with E-state index in [9.17, 15) is 0 Å². The number of fused-ring (bicyclic) bond motifs is 1. The second-order valence-electron chi connectivity index (χ2n) is 4.02. The van der Waals surface area contributed by atoms with E-state index in [2.05, 4.69) is 21.5 Å². The van der Waals surface area contributed by atoms with Crippen molar-refractivity contribution >= 4 is 30.6 Å². The van der Waals surface area contributed by atoms with Gasteiger partial charge in [0.05, 0.1) is 5.69 Å². The zero-order valence-electron chi connectivity index (χ0n) is 9.37. The van der Waals surface area contributed by atoms with Crippen molar-refractivity contribution in [2.45, 2.75) is 18.8 Å². The van der Waals surface area contributed by atoms with E-state index in [0.717, 1.165) is 18.9 Å². The third kappa shape index (κ3) is 2.89. The van der Waals surface area contributed by atoms with Gasteiger partial charge in [-0.3, -0.25) is 4.40 Å². The number of rotatable bonds is 1. The first kappa shape index (κ1) is 14.2. The van der Waals surface area contributed by atoms with Gasteiger partial charge in [0.25, 0.3) is 0 Å². The van der Waals surface area contributed by atoms with Gasteiger partial charge < -0.3 is 5.32 Å². The van der Waals surface area contributed by atoms with Crippen LogP contribution in [0.25, 0.3) is 5.78 Å². The molecule has 0 unspecified atom stereocenters. The number of hydrogen-bond donors (Lipinski definition) is 1. The number of imidazole rings is 1. The third-order valence-electron chi connectivity index (χ3n) is 3.01. The molecule has 3 heterocycles. The first-order valence-electron chi connectivity index (χ1n) is 5.44. The first-order chi connectivity index (χ1) is 7.43. The van der Waals surface area contributed by atoms with Gasteiger partial charge in [0.1, 0.15) is 0 Å². The molecule has 94 valence electrons. The van der Waals surface area contributed by atoms with Crippen molar-refractivity contribution in [2.75, 3.05) is 13.1 Å². The van der Waals surface area contributed by atoms with Gasteiger partial charge in [0.2, 0.25) is 5.78 Å². The van der Waals surface area contributed by atoms with E-state index < -0.39 is 0 Å². The van der Waals surface area contributed by atoms with E-state index in [1.54, 1.807) is 6.20 Å². The molecule has 0 radical (unpaired) electrons. The van der Waals surface area contributed by atoms with Crippen molar-refractivity contribution in [1.82, 2.24) is 19.7 Å². The predicted octanol–water partition coefficient (Wildman–Crippen LogP) is 2.04. The zero-order chi connectivity index (χ0) is 10.1. The van der Waals surface area contributed by atoms with Crippen LogP contribution in [0.15, 0.2) is 24.7 Å². The van der Waals surface area contributed by atoms with Gasteiger partial charge in [-0.15, -0.1) is 24.8 Å². The Hall–Kier alpha value is -0.840. The van der Waals surface area contributed by atoms with Crippen LogP contribution in [-0.4, -0.2) is 27.5 Å². The lowest BCUT2D eigenvalue weighted by atomic mass is 9.95. The second-order valence-corrected chi connectivity index (χ2v) is 4.02. The van der Waals surface area contributed by atoms with Crippen molar-refractivity contribution in [2.24, 2.45) is 0 Å². The largest absolute Gasteiger partial charge is 0.317 e. The normalized spacial score (nSPS) is 16.2. The molecule has 0 atom stereocenters. The first-order valence-corrected chi connectivity index (χ1v) is 5.44. The summed E-state index contributed by atoms with van der Waals surface area (Å²) >= 11 is 0. The Morgan fingerprint density at radius 3 is 2.71 bits per heavy atom. The summed E-state index contributed by atoms with van der Waals surface area (Å²) in [6.07, 6.45) is 8.26. The molecule has 1 fully saturated rings. The molecule has 0 saturated carbocycles. The van der Waals surface area contributed by atoms with Gasteiger partial charge in [0.15, 0.2) is 0 Å². The lowest BCUT2D eigenvalue weighted by Crippen LogP contribution is -2.26. The molecule has 0 bridgehead atoms. The average Bonchev–Trinajstić information content (AvgIpc) is 2.74. The summed E-state index contributed by atoms with van der Waals surface area (Å²) in [5, 5.41) is 3.37. The van der Waals surface area contributed by atoms with Crippen LogP contribution < -0.4 is 5.32 Å². The third-order valence-corrected chi connectivity index (χ3v) is 3.01. The second kappa shape index (κ2) is 6.19. The number of nitrogens with one attached hydrogen (secondary N) is 1. The lowest BCUT2D eigenvalue weighted by molar-refractivity contribution is 0.454. The van der Waals surface area contributed by atoms with Crippen LogP contribution in [-0.2, 0) is 0 Å². The fourth-order valence-corrected chi connectivity index (χ4v) is 2.16. The summed E-state index contributed by atoms with van der Waals surface area (Å²) in [6.45, 7) is 2.21. The molecule has 4 nitrogen and oxygen atoms in total. The smallest absolute Gasteiger partial charge is 0.233 e. The van der Waals surface area contributed by atoms with Gasteiger partial charge in [-0.1, -0.05) is 0 Å². The summed E-state index contributed by atoms with van der Waals surface area (Å²) in [4.78, 5) is 8.79. The Balaban J connectivity index is 0.000000722. The quantitative estimate of drug-likeness (QED) is 0.866. The Bertz CT molecular complexity index is 432. The molecule has 3 rings (SSSR count). The van der Waals surface area contributed by atoms with Gasteiger partial charge in [-0.2, -0.15) is 0 Å². The summed E-state index contributed by atoms with van der Waals surface area (Å²) in [7, 11) is 0. The van der Waals surface area contributed by atoms with Crippen LogP contribution in [0.4, 0.5) is 0 Å². The van der Waals surface area contributed by atoms with Crippen molar-refractivity contribution in [3.8, 4) is 0 Å². The predicted molar refractivity (Wildman–Crippen MR) is 72.3 cm³/mol. The average molecular weight is 275 g/mol. The summed E-state index contributed by atoms with van der Waals surface area (Å²) in [5.74, 6) is 1.42. The molecular weight excluding hydrogens is 259 g/mol. The van der Waals surface area contributed by atoms with Gasteiger partial charge in [-0.05, 0) is 32.0 Å². The fraction of sp³-hybridized carbons (Fsp3) is 0.455. The van der Waals surface area contributed by atoms with Crippen LogP contribution in [0.2, 0.25) is 0 Å². The molecule has 1 N–H and O–H groups in total. The van der Waals surface area contributed by atoms with E-state index in [1.165, 1.54) is 18.5 Å². The maximum absolute atomic E-state index is 4.56. The summed E-state index contributed by atoms with van der Waals surface area (Å²) in [6, 6.07) is 1.93. The number of hydrogen-bond acceptors (Lipinski definition) is 3. The molecule has 1 aliphatic heterocycles. The lowest BCUT2D eigenvalue weighted by Gasteiger charge is -2.20. The molecule has 1 aliphatic rings. The Labute approximate surface area is 113 Å². The molecular formula is C11H16Cl2N4. The van der Waals surface area contributed by atoms with Gasteiger partial charge in [-0.25, -0.2) is 9.97 Å². The van der Waals surface area contributed by atoms with Crippen LogP contribution in [0.5, 0.6) is 0 Å². The van der Waals surface area contributed by atoms with Crippen molar-refractivity contribution in [3.05, 3.63) is 30.4 Å². The molecule has 0 aromatic carbocycles. The minimum atomic E-state index is 0. The highest BCUT2D eigenvalue weighted by Gasteiger charge is 2.17. The van der Waals surface area contributed by atoms with Crippen LogP contribution >= 0.6 is 24.8 Å². The molecule has 0 spiro atoms. The van der Waals surface area contributed by atoms with Crippen molar-refractivity contribution in [3.63, 3.8) is 0 Å². The molecule has 2 aromatic heterocycles. The molecule has 1 saturated heterocycles. The molecule has 2 aromatic rings. The highest BCUT2D eigenvalue weighted by Crippen LogP contribution is 2.23.